The van der Waals surface area contributed by atoms with E-state index in [0.29, 0.717) is 5.88 Å². The normalized spacial score (nSPS) is 10.8. The van der Waals surface area contributed by atoms with Gasteiger partial charge in [-0.1, -0.05) is 0 Å². The van der Waals surface area contributed by atoms with Crippen LogP contribution in [0, 0.1) is 6.92 Å². The Kier molecular flexibility index (Phi) is 3.38. The first-order chi connectivity index (χ1) is 7.29. The van der Waals surface area contributed by atoms with Gasteiger partial charge in [0.05, 0.1) is 22.9 Å². The monoisotopic (exact) mass is 241 g/mol. The number of halogens is 1. The summed E-state index contributed by atoms with van der Waals surface area (Å²) >= 11 is 7.49. The van der Waals surface area contributed by atoms with Crippen molar-refractivity contribution < 1.29 is 0 Å². The van der Waals surface area contributed by atoms with Gasteiger partial charge in [-0.25, -0.2) is 9.97 Å². The molecular formula is C10H12ClN3S. The second-order valence-corrected chi connectivity index (χ2v) is 4.55. The lowest BCUT2D eigenvalue weighted by molar-refractivity contribution is 0.671. The van der Waals surface area contributed by atoms with Crippen molar-refractivity contribution in [2.75, 3.05) is 0 Å². The number of rotatable bonds is 4. The Hall–Kier alpha value is -0.870. The van der Waals surface area contributed by atoms with Gasteiger partial charge in [-0.2, -0.15) is 0 Å². The summed E-state index contributed by atoms with van der Waals surface area (Å²) in [6, 6.07) is 0. The molecule has 2 aromatic rings. The van der Waals surface area contributed by atoms with Gasteiger partial charge in [0.25, 0.3) is 0 Å². The van der Waals surface area contributed by atoms with Crippen LogP contribution in [0.1, 0.15) is 16.4 Å². The van der Waals surface area contributed by atoms with Crippen LogP contribution in [-0.2, 0) is 18.8 Å². The molecule has 0 spiro atoms. The Bertz CT molecular complexity index is 435. The summed E-state index contributed by atoms with van der Waals surface area (Å²) in [6.45, 7) is 2.91. The van der Waals surface area contributed by atoms with Crippen LogP contribution < -0.4 is 0 Å². The Morgan fingerprint density at radius 3 is 3.07 bits per heavy atom. The maximum atomic E-state index is 5.79. The zero-order valence-corrected chi connectivity index (χ0v) is 10.1. The maximum absolute atomic E-state index is 5.79. The van der Waals surface area contributed by atoms with Gasteiger partial charge in [0.15, 0.2) is 0 Å². The van der Waals surface area contributed by atoms with Crippen LogP contribution in [0.4, 0.5) is 0 Å². The molecule has 0 amide bonds. The predicted molar refractivity (Wildman–Crippen MR) is 62.3 cm³/mol. The van der Waals surface area contributed by atoms with E-state index >= 15 is 0 Å². The zero-order chi connectivity index (χ0) is 10.7. The van der Waals surface area contributed by atoms with Gasteiger partial charge in [0, 0.05) is 30.2 Å². The topological polar surface area (TPSA) is 30.7 Å². The second kappa shape index (κ2) is 4.77. The molecule has 0 unspecified atom stereocenters. The maximum Gasteiger partial charge on any atom is 0.0948 e. The molecule has 5 heteroatoms. The molecule has 0 aliphatic carbocycles. The molecule has 0 aliphatic heterocycles. The molecule has 0 bridgehead atoms. The molecule has 80 valence electrons. The Morgan fingerprint density at radius 1 is 1.53 bits per heavy atom. The van der Waals surface area contributed by atoms with E-state index in [9.17, 15) is 0 Å². The SMILES string of the molecule is Cc1csc(CCn2cncc2CCl)n1. The molecule has 0 fully saturated rings. The van der Waals surface area contributed by atoms with Crippen molar-refractivity contribution in [2.24, 2.45) is 0 Å². The Balaban J connectivity index is 1.98. The highest BCUT2D eigenvalue weighted by atomic mass is 35.5. The highest BCUT2D eigenvalue weighted by Gasteiger charge is 2.02. The second-order valence-electron chi connectivity index (χ2n) is 3.34. The Labute approximate surface area is 97.8 Å². The van der Waals surface area contributed by atoms with Gasteiger partial charge >= 0.3 is 0 Å². The van der Waals surface area contributed by atoms with Crippen molar-refractivity contribution in [3.8, 4) is 0 Å². The quantitative estimate of drug-likeness (QED) is 0.771. The molecule has 0 saturated heterocycles. The van der Waals surface area contributed by atoms with Gasteiger partial charge < -0.3 is 4.57 Å². The van der Waals surface area contributed by atoms with Crippen molar-refractivity contribution in [1.29, 1.82) is 0 Å². The fourth-order valence-corrected chi connectivity index (χ4v) is 2.38. The van der Waals surface area contributed by atoms with E-state index in [2.05, 4.69) is 19.9 Å². The van der Waals surface area contributed by atoms with E-state index in [1.54, 1.807) is 17.5 Å². The summed E-state index contributed by atoms with van der Waals surface area (Å²) in [6.07, 6.45) is 4.57. The van der Waals surface area contributed by atoms with Gasteiger partial charge in [0.1, 0.15) is 0 Å². The van der Waals surface area contributed by atoms with Crippen LogP contribution >= 0.6 is 22.9 Å². The largest absolute Gasteiger partial charge is 0.333 e. The summed E-state index contributed by atoms with van der Waals surface area (Å²) in [7, 11) is 0. The molecule has 0 N–H and O–H groups in total. The highest BCUT2D eigenvalue weighted by Crippen LogP contribution is 2.11. The molecule has 0 aliphatic rings. The number of aromatic nitrogens is 3. The van der Waals surface area contributed by atoms with Gasteiger partial charge in [0.2, 0.25) is 0 Å². The molecule has 3 nitrogen and oxygen atoms in total. The molecule has 2 rings (SSSR count). The van der Waals surface area contributed by atoms with E-state index in [-0.39, 0.29) is 0 Å². The summed E-state index contributed by atoms with van der Waals surface area (Å²) in [5.74, 6) is 0.511. The van der Waals surface area contributed by atoms with Crippen molar-refractivity contribution in [1.82, 2.24) is 14.5 Å². The lowest BCUT2D eigenvalue weighted by atomic mass is 10.4. The molecule has 0 aromatic carbocycles. The van der Waals surface area contributed by atoms with Crippen molar-refractivity contribution in [3.63, 3.8) is 0 Å². The van der Waals surface area contributed by atoms with E-state index in [1.807, 2.05) is 13.3 Å². The van der Waals surface area contributed by atoms with Crippen molar-refractivity contribution in [3.05, 3.63) is 34.3 Å². The van der Waals surface area contributed by atoms with Crippen molar-refractivity contribution >= 4 is 22.9 Å². The standard InChI is InChI=1S/C10H12ClN3S/c1-8-6-15-10(13-8)2-3-14-7-12-5-9(14)4-11/h5-7H,2-4H2,1H3. The fraction of sp³-hybridized carbons (Fsp3) is 0.400. The third-order valence-electron chi connectivity index (χ3n) is 2.17. The summed E-state index contributed by atoms with van der Waals surface area (Å²) in [5.41, 5.74) is 2.16. The summed E-state index contributed by atoms with van der Waals surface area (Å²) in [5, 5.41) is 3.24. The lowest BCUT2D eigenvalue weighted by Crippen LogP contribution is -2.03. The minimum atomic E-state index is 0.511. The van der Waals surface area contributed by atoms with E-state index in [4.69, 9.17) is 11.6 Å². The molecule has 0 radical (unpaired) electrons. The number of hydrogen-bond donors (Lipinski definition) is 0. The number of hydrogen-bond acceptors (Lipinski definition) is 3. The number of thiazole rings is 1. The smallest absolute Gasteiger partial charge is 0.0948 e. The first-order valence-electron chi connectivity index (χ1n) is 4.75. The number of alkyl halides is 1. The van der Waals surface area contributed by atoms with Gasteiger partial charge in [-0.15, -0.1) is 22.9 Å². The van der Waals surface area contributed by atoms with E-state index in [1.165, 1.54) is 5.01 Å². The van der Waals surface area contributed by atoms with E-state index in [0.717, 1.165) is 24.4 Å². The number of nitrogens with zero attached hydrogens (tertiary/aromatic N) is 3. The van der Waals surface area contributed by atoms with Crippen LogP contribution in [0.3, 0.4) is 0 Å². The zero-order valence-electron chi connectivity index (χ0n) is 8.48. The summed E-state index contributed by atoms with van der Waals surface area (Å²) < 4.78 is 2.07. The summed E-state index contributed by atoms with van der Waals surface area (Å²) in [4.78, 5) is 8.49. The third kappa shape index (κ3) is 2.58. The van der Waals surface area contributed by atoms with Crippen molar-refractivity contribution in [2.45, 2.75) is 25.8 Å². The van der Waals surface area contributed by atoms with Crippen LogP contribution in [0.5, 0.6) is 0 Å². The van der Waals surface area contributed by atoms with E-state index < -0.39 is 0 Å². The van der Waals surface area contributed by atoms with Gasteiger partial charge in [-0.05, 0) is 6.92 Å². The van der Waals surface area contributed by atoms with Crippen LogP contribution in [0.2, 0.25) is 0 Å². The first-order valence-corrected chi connectivity index (χ1v) is 6.17. The average molecular weight is 242 g/mol. The molecular weight excluding hydrogens is 230 g/mol. The van der Waals surface area contributed by atoms with Crippen LogP contribution in [0.15, 0.2) is 17.9 Å². The molecule has 2 heterocycles. The third-order valence-corrected chi connectivity index (χ3v) is 3.47. The number of aryl methyl sites for hydroxylation is 3. The van der Waals surface area contributed by atoms with Crippen LogP contribution in [0.25, 0.3) is 0 Å². The fourth-order valence-electron chi connectivity index (χ4n) is 1.39. The predicted octanol–water partition coefficient (Wildman–Crippen LogP) is 2.63. The lowest BCUT2D eigenvalue weighted by Gasteiger charge is -2.03. The Morgan fingerprint density at radius 2 is 2.40 bits per heavy atom. The highest BCUT2D eigenvalue weighted by molar-refractivity contribution is 7.09. The number of imidazole rings is 1. The molecule has 15 heavy (non-hydrogen) atoms. The first kappa shape index (κ1) is 10.6. The minimum Gasteiger partial charge on any atom is -0.333 e. The molecule has 0 saturated carbocycles. The average Bonchev–Trinajstić information content (AvgIpc) is 2.83. The molecule has 2 aromatic heterocycles. The van der Waals surface area contributed by atoms with Gasteiger partial charge in [-0.3, -0.25) is 0 Å². The van der Waals surface area contributed by atoms with Crippen LogP contribution in [-0.4, -0.2) is 14.5 Å². The minimum absolute atomic E-state index is 0.511. The molecule has 0 atom stereocenters.